The lowest BCUT2D eigenvalue weighted by Gasteiger charge is -2.28. The number of morpholine rings is 1. The fraction of sp³-hybridized carbons (Fsp3) is 0.324. The second-order valence-corrected chi connectivity index (χ2v) is 12.8. The van der Waals surface area contributed by atoms with E-state index in [-0.39, 0.29) is 11.5 Å². The van der Waals surface area contributed by atoms with Gasteiger partial charge in [0, 0.05) is 38.8 Å². The molecule has 3 aromatic carbocycles. The normalized spacial score (nSPS) is 17.8. The number of nitrogens with zero attached hydrogens (tertiary/aromatic N) is 3. The third-order valence-electron chi connectivity index (χ3n) is 8.15. The first kappa shape index (κ1) is 31.1. The molecular weight excluding hydrogens is 611 g/mol. The van der Waals surface area contributed by atoms with Gasteiger partial charge in [0.25, 0.3) is 5.91 Å². The summed E-state index contributed by atoms with van der Waals surface area (Å²) in [7, 11) is 2.06. The summed E-state index contributed by atoms with van der Waals surface area (Å²) < 4.78 is 18.2. The van der Waals surface area contributed by atoms with Crippen LogP contribution >= 0.6 is 24.0 Å². The molecule has 6 rings (SSSR count). The Morgan fingerprint density at radius 3 is 2.53 bits per heavy atom. The molecule has 3 heterocycles. The molecule has 0 atom stereocenters. The smallest absolute Gasteiger partial charge is 0.335 e. The molecule has 3 aliphatic heterocycles. The Labute approximate surface area is 272 Å². The number of carbonyl (C=O) groups is 2. The second kappa shape index (κ2) is 14.0. The van der Waals surface area contributed by atoms with Gasteiger partial charge >= 0.3 is 5.97 Å². The number of hydrogen-bond donors (Lipinski definition) is 1. The summed E-state index contributed by atoms with van der Waals surface area (Å²) in [6.07, 6.45) is 2.43. The van der Waals surface area contributed by atoms with Crippen molar-refractivity contribution in [1.29, 1.82) is 0 Å². The first-order valence-corrected chi connectivity index (χ1v) is 16.2. The van der Waals surface area contributed by atoms with Crippen LogP contribution in [0.3, 0.4) is 0 Å². The van der Waals surface area contributed by atoms with Crippen LogP contribution in [0.5, 0.6) is 11.5 Å². The van der Waals surface area contributed by atoms with Crippen molar-refractivity contribution < 1.29 is 28.9 Å². The number of anilines is 1. The number of thiocarbonyl (C=S) groups is 1. The highest BCUT2D eigenvalue weighted by Crippen LogP contribution is 2.38. The number of thioether (sulfide) groups is 1. The first-order valence-electron chi connectivity index (χ1n) is 15.0. The Bertz CT molecular complexity index is 1620. The van der Waals surface area contributed by atoms with E-state index in [4.69, 9.17) is 31.5 Å². The van der Waals surface area contributed by atoms with Gasteiger partial charge in [-0.3, -0.25) is 14.6 Å². The van der Waals surface area contributed by atoms with E-state index in [0.29, 0.717) is 41.2 Å². The maximum atomic E-state index is 13.6. The number of amides is 1. The summed E-state index contributed by atoms with van der Waals surface area (Å²) in [6.45, 7) is 6.43. The van der Waals surface area contributed by atoms with Crippen LogP contribution in [0.2, 0.25) is 0 Å². The van der Waals surface area contributed by atoms with Crippen molar-refractivity contribution >= 4 is 51.9 Å². The molecule has 234 valence electrons. The highest BCUT2D eigenvalue weighted by Gasteiger charge is 2.32. The van der Waals surface area contributed by atoms with Gasteiger partial charge in [0.15, 0.2) is 0 Å². The number of carbonyl (C=O) groups excluding carboxylic acids is 1. The maximum Gasteiger partial charge on any atom is 0.335 e. The van der Waals surface area contributed by atoms with Crippen molar-refractivity contribution in [3.63, 3.8) is 0 Å². The van der Waals surface area contributed by atoms with E-state index in [1.54, 1.807) is 29.2 Å². The van der Waals surface area contributed by atoms with Crippen LogP contribution in [0.15, 0.2) is 65.6 Å². The van der Waals surface area contributed by atoms with E-state index < -0.39 is 5.97 Å². The number of benzene rings is 3. The van der Waals surface area contributed by atoms with Crippen LogP contribution in [-0.4, -0.2) is 97.3 Å². The molecule has 1 amide bonds. The SMILES string of the molecule is CN1CCOc2cc(-c3ccc(OCCN4CCOCC4)c(C=C4SC(=S)N(CCc5ccc(C(=O)O)cc5)C4=O)c3)ccc21. The van der Waals surface area contributed by atoms with Crippen molar-refractivity contribution in [3.8, 4) is 22.6 Å². The largest absolute Gasteiger partial charge is 0.492 e. The Hall–Kier alpha value is -3.90. The molecule has 0 spiro atoms. The van der Waals surface area contributed by atoms with Crippen LogP contribution in [-0.2, 0) is 16.0 Å². The maximum absolute atomic E-state index is 13.6. The molecule has 0 radical (unpaired) electrons. The Morgan fingerprint density at radius 1 is 1.00 bits per heavy atom. The van der Waals surface area contributed by atoms with E-state index in [9.17, 15) is 9.59 Å². The van der Waals surface area contributed by atoms with E-state index in [1.807, 2.05) is 18.2 Å². The molecule has 0 unspecified atom stereocenters. The number of rotatable bonds is 10. The molecule has 11 heteroatoms. The molecule has 2 fully saturated rings. The average Bonchev–Trinajstić information content (AvgIpc) is 3.32. The van der Waals surface area contributed by atoms with Crippen LogP contribution < -0.4 is 14.4 Å². The predicted octanol–water partition coefficient (Wildman–Crippen LogP) is 5.04. The van der Waals surface area contributed by atoms with Crippen molar-refractivity contribution in [2.45, 2.75) is 6.42 Å². The van der Waals surface area contributed by atoms with E-state index in [0.717, 1.165) is 73.1 Å². The second-order valence-electron chi connectivity index (χ2n) is 11.1. The summed E-state index contributed by atoms with van der Waals surface area (Å²) in [5.74, 6) is 0.434. The molecule has 0 bridgehead atoms. The lowest BCUT2D eigenvalue weighted by atomic mass is 10.0. The van der Waals surface area contributed by atoms with Gasteiger partial charge in [0.2, 0.25) is 0 Å². The van der Waals surface area contributed by atoms with Crippen molar-refractivity contribution in [2.75, 3.05) is 71.1 Å². The average molecular weight is 646 g/mol. The number of hydrogen-bond acceptors (Lipinski definition) is 9. The van der Waals surface area contributed by atoms with Crippen LogP contribution in [0.25, 0.3) is 17.2 Å². The summed E-state index contributed by atoms with van der Waals surface area (Å²) in [5.41, 5.74) is 5.03. The molecule has 45 heavy (non-hydrogen) atoms. The highest BCUT2D eigenvalue weighted by atomic mass is 32.2. The third kappa shape index (κ3) is 7.33. The zero-order chi connectivity index (χ0) is 31.3. The Balaban J connectivity index is 1.23. The number of ether oxygens (including phenoxy) is 3. The molecule has 9 nitrogen and oxygen atoms in total. The van der Waals surface area contributed by atoms with Gasteiger partial charge < -0.3 is 24.2 Å². The Kier molecular flexibility index (Phi) is 9.70. The molecule has 2 saturated heterocycles. The van der Waals surface area contributed by atoms with Gasteiger partial charge in [-0.25, -0.2) is 4.79 Å². The number of fused-ring (bicyclic) bond motifs is 1. The van der Waals surface area contributed by atoms with Crippen molar-refractivity contribution in [3.05, 3.63) is 82.3 Å². The zero-order valence-corrected chi connectivity index (χ0v) is 26.7. The first-order chi connectivity index (χ1) is 21.9. The molecule has 3 aromatic rings. The van der Waals surface area contributed by atoms with E-state index in [2.05, 4.69) is 41.1 Å². The molecule has 0 aromatic heterocycles. The topological polar surface area (TPSA) is 91.8 Å². The minimum Gasteiger partial charge on any atom is -0.492 e. The summed E-state index contributed by atoms with van der Waals surface area (Å²) in [5, 5.41) is 9.16. The van der Waals surface area contributed by atoms with Gasteiger partial charge in [0.05, 0.1) is 35.9 Å². The van der Waals surface area contributed by atoms with Gasteiger partial charge in [-0.1, -0.05) is 48.2 Å². The highest BCUT2D eigenvalue weighted by molar-refractivity contribution is 8.26. The van der Waals surface area contributed by atoms with Gasteiger partial charge in [-0.05, 0) is 65.6 Å². The van der Waals surface area contributed by atoms with Gasteiger partial charge in [0.1, 0.15) is 29.0 Å². The fourth-order valence-electron chi connectivity index (χ4n) is 5.51. The van der Waals surface area contributed by atoms with Gasteiger partial charge in [-0.2, -0.15) is 0 Å². The number of aromatic carboxylic acids is 1. The molecule has 3 aliphatic rings. The minimum atomic E-state index is -0.968. The summed E-state index contributed by atoms with van der Waals surface area (Å²) in [4.78, 5) is 31.4. The lowest BCUT2D eigenvalue weighted by molar-refractivity contribution is -0.122. The van der Waals surface area contributed by atoms with Crippen LogP contribution in [0.1, 0.15) is 21.5 Å². The summed E-state index contributed by atoms with van der Waals surface area (Å²) >= 11 is 6.89. The third-order valence-corrected chi connectivity index (χ3v) is 9.53. The van der Waals surface area contributed by atoms with Crippen LogP contribution in [0.4, 0.5) is 5.69 Å². The number of carboxylic acids is 1. The van der Waals surface area contributed by atoms with Crippen molar-refractivity contribution in [1.82, 2.24) is 9.80 Å². The number of likely N-dealkylation sites (N-methyl/N-ethyl adjacent to an activating group) is 1. The molecule has 0 aliphatic carbocycles. The summed E-state index contributed by atoms with van der Waals surface area (Å²) in [6, 6.07) is 19.0. The molecule has 0 saturated carbocycles. The standard InChI is InChI=1S/C34H35N3O6S2/c1-35-12-18-43-30-21-26(6-8-28(30)35)25-7-9-29(42-19-15-36-13-16-41-17-14-36)27(20-25)22-31-32(38)37(34(44)45-31)11-10-23-2-4-24(5-3-23)33(39)40/h2-9,20-22H,10-19H2,1H3,(H,39,40). The monoisotopic (exact) mass is 645 g/mol. The van der Waals surface area contributed by atoms with Gasteiger partial charge in [-0.15, -0.1) is 0 Å². The predicted molar refractivity (Wildman–Crippen MR) is 180 cm³/mol. The lowest BCUT2D eigenvalue weighted by Crippen LogP contribution is -2.38. The van der Waals surface area contributed by atoms with Crippen molar-refractivity contribution in [2.24, 2.45) is 0 Å². The van der Waals surface area contributed by atoms with E-state index in [1.165, 1.54) is 11.8 Å². The molecule has 1 N–H and O–H groups in total. The Morgan fingerprint density at radius 2 is 1.76 bits per heavy atom. The zero-order valence-electron chi connectivity index (χ0n) is 25.1. The minimum absolute atomic E-state index is 0.151. The fourth-order valence-corrected chi connectivity index (χ4v) is 6.81. The molecular formula is C34H35N3O6S2. The van der Waals surface area contributed by atoms with Crippen LogP contribution in [0, 0.1) is 0 Å². The quantitative estimate of drug-likeness (QED) is 0.239. The number of carboxylic acid groups (broad SMARTS) is 1. The van der Waals surface area contributed by atoms with E-state index >= 15 is 0 Å².